The van der Waals surface area contributed by atoms with Crippen LogP contribution in [-0.4, -0.2) is 34.0 Å². The SMILES string of the molecule is Cc1cccc(OCCNC(=O)CN2c3cc(C)cc(C)c3-c3ccccc3S2(=O)=O)c1. The van der Waals surface area contributed by atoms with Crippen molar-refractivity contribution in [2.75, 3.05) is 24.0 Å². The molecule has 0 aliphatic carbocycles. The lowest BCUT2D eigenvalue weighted by molar-refractivity contribution is -0.119. The number of carbonyl (C=O) groups is 1. The van der Waals surface area contributed by atoms with E-state index >= 15 is 0 Å². The van der Waals surface area contributed by atoms with Crippen LogP contribution < -0.4 is 14.4 Å². The molecule has 3 aromatic rings. The maximum atomic E-state index is 13.4. The summed E-state index contributed by atoms with van der Waals surface area (Å²) >= 11 is 0. The number of sulfonamides is 1. The van der Waals surface area contributed by atoms with Crippen LogP contribution in [0.4, 0.5) is 5.69 Å². The molecule has 0 radical (unpaired) electrons. The zero-order valence-electron chi connectivity index (χ0n) is 18.4. The van der Waals surface area contributed by atoms with Crippen molar-refractivity contribution in [2.45, 2.75) is 25.7 Å². The standard InChI is InChI=1S/C25H26N2O4S/c1-17-7-6-8-20(14-17)31-12-11-26-24(28)16-27-22-15-18(2)13-19(3)25(22)21-9-4-5-10-23(21)32(27,29)30/h4-10,13-15H,11-12,16H2,1-3H3,(H,26,28). The topological polar surface area (TPSA) is 75.7 Å². The molecule has 4 rings (SSSR count). The maximum absolute atomic E-state index is 13.4. The quantitative estimate of drug-likeness (QED) is 0.577. The summed E-state index contributed by atoms with van der Waals surface area (Å²) in [6.07, 6.45) is 0. The molecule has 6 nitrogen and oxygen atoms in total. The molecule has 0 atom stereocenters. The van der Waals surface area contributed by atoms with Crippen molar-refractivity contribution in [3.63, 3.8) is 0 Å². The summed E-state index contributed by atoms with van der Waals surface area (Å²) in [5, 5.41) is 2.77. The molecule has 0 bridgehead atoms. The van der Waals surface area contributed by atoms with Crippen LogP contribution in [0.5, 0.6) is 5.75 Å². The summed E-state index contributed by atoms with van der Waals surface area (Å²) in [5.41, 5.74) is 5.05. The fraction of sp³-hybridized carbons (Fsp3) is 0.240. The summed E-state index contributed by atoms with van der Waals surface area (Å²) in [6, 6.07) is 18.4. The molecule has 0 unspecified atom stereocenters. The van der Waals surface area contributed by atoms with Crippen LogP contribution in [0.1, 0.15) is 16.7 Å². The molecular weight excluding hydrogens is 424 g/mol. The molecule has 3 aromatic carbocycles. The molecule has 166 valence electrons. The minimum atomic E-state index is -3.86. The monoisotopic (exact) mass is 450 g/mol. The first kappa shape index (κ1) is 21.9. The number of anilines is 1. The van der Waals surface area contributed by atoms with Gasteiger partial charge in [0.1, 0.15) is 18.9 Å². The van der Waals surface area contributed by atoms with Crippen LogP contribution in [0.2, 0.25) is 0 Å². The number of amides is 1. The highest BCUT2D eigenvalue weighted by Gasteiger charge is 2.36. The molecule has 1 aliphatic heterocycles. The Kier molecular flexibility index (Phi) is 5.93. The zero-order chi connectivity index (χ0) is 22.9. The van der Waals surface area contributed by atoms with E-state index in [1.165, 1.54) is 4.31 Å². The molecule has 1 amide bonds. The lowest BCUT2D eigenvalue weighted by Crippen LogP contribution is -2.43. The molecule has 0 saturated heterocycles. The van der Waals surface area contributed by atoms with Crippen molar-refractivity contribution >= 4 is 21.6 Å². The number of carbonyl (C=O) groups excluding carboxylic acids is 1. The third kappa shape index (κ3) is 4.21. The molecule has 7 heteroatoms. The van der Waals surface area contributed by atoms with Crippen molar-refractivity contribution in [1.82, 2.24) is 5.32 Å². The predicted molar refractivity (Wildman–Crippen MR) is 126 cm³/mol. The van der Waals surface area contributed by atoms with E-state index in [9.17, 15) is 13.2 Å². The van der Waals surface area contributed by atoms with Crippen molar-refractivity contribution in [2.24, 2.45) is 0 Å². The highest BCUT2D eigenvalue weighted by atomic mass is 32.2. The number of fused-ring (bicyclic) bond motifs is 3. The highest BCUT2D eigenvalue weighted by molar-refractivity contribution is 7.93. The van der Waals surface area contributed by atoms with E-state index in [0.29, 0.717) is 17.9 Å². The Labute approximate surface area is 188 Å². The van der Waals surface area contributed by atoms with Gasteiger partial charge in [-0.1, -0.05) is 36.4 Å². The van der Waals surface area contributed by atoms with Gasteiger partial charge in [0.05, 0.1) is 17.1 Å². The molecule has 1 heterocycles. The number of aryl methyl sites for hydroxylation is 3. The maximum Gasteiger partial charge on any atom is 0.265 e. The van der Waals surface area contributed by atoms with Crippen molar-refractivity contribution in [1.29, 1.82) is 0 Å². The molecule has 0 aromatic heterocycles. The van der Waals surface area contributed by atoms with Crippen LogP contribution in [0.15, 0.2) is 65.6 Å². The van der Waals surface area contributed by atoms with Crippen molar-refractivity contribution in [3.8, 4) is 16.9 Å². The minimum absolute atomic E-state index is 0.218. The van der Waals surface area contributed by atoms with Gasteiger partial charge in [0, 0.05) is 11.1 Å². The average Bonchev–Trinajstić information content (AvgIpc) is 2.74. The van der Waals surface area contributed by atoms with Crippen LogP contribution in [0.25, 0.3) is 11.1 Å². The van der Waals surface area contributed by atoms with E-state index in [4.69, 9.17) is 4.74 Å². The normalized spacial score (nSPS) is 13.8. The molecule has 1 N–H and O–H groups in total. The van der Waals surface area contributed by atoms with Crippen molar-refractivity contribution in [3.05, 3.63) is 77.4 Å². The van der Waals surface area contributed by atoms with Gasteiger partial charge in [-0.3, -0.25) is 9.10 Å². The van der Waals surface area contributed by atoms with E-state index in [-0.39, 0.29) is 23.9 Å². The summed E-state index contributed by atoms with van der Waals surface area (Å²) in [5.74, 6) is 0.347. The average molecular weight is 451 g/mol. The number of nitrogens with one attached hydrogen (secondary N) is 1. The predicted octanol–water partition coefficient (Wildman–Crippen LogP) is 3.98. The van der Waals surface area contributed by atoms with E-state index in [1.807, 2.05) is 69.3 Å². The fourth-order valence-corrected chi connectivity index (χ4v) is 5.69. The Morgan fingerprint density at radius 2 is 1.75 bits per heavy atom. The fourth-order valence-electron chi connectivity index (χ4n) is 4.06. The van der Waals surface area contributed by atoms with Gasteiger partial charge < -0.3 is 10.1 Å². The van der Waals surface area contributed by atoms with E-state index in [1.54, 1.807) is 12.1 Å². The third-order valence-corrected chi connectivity index (χ3v) is 7.24. The van der Waals surface area contributed by atoms with E-state index < -0.39 is 10.0 Å². The Balaban J connectivity index is 1.52. The van der Waals surface area contributed by atoms with E-state index in [0.717, 1.165) is 28.0 Å². The largest absolute Gasteiger partial charge is 0.492 e. The Morgan fingerprint density at radius 1 is 0.969 bits per heavy atom. The van der Waals surface area contributed by atoms with Crippen LogP contribution in [-0.2, 0) is 14.8 Å². The third-order valence-electron chi connectivity index (χ3n) is 5.42. The van der Waals surface area contributed by atoms with Gasteiger partial charge in [-0.2, -0.15) is 0 Å². The Hall–Kier alpha value is -3.32. The molecular formula is C25H26N2O4S. The smallest absolute Gasteiger partial charge is 0.265 e. The van der Waals surface area contributed by atoms with Crippen molar-refractivity contribution < 1.29 is 17.9 Å². The summed E-state index contributed by atoms with van der Waals surface area (Å²) in [6.45, 7) is 6.13. The first-order chi connectivity index (χ1) is 15.3. The van der Waals surface area contributed by atoms with Crippen LogP contribution in [0, 0.1) is 20.8 Å². The van der Waals surface area contributed by atoms with Gasteiger partial charge in [-0.05, 0) is 61.7 Å². The number of nitrogens with zero attached hydrogens (tertiary/aromatic N) is 1. The first-order valence-electron chi connectivity index (χ1n) is 10.5. The van der Waals surface area contributed by atoms with E-state index in [2.05, 4.69) is 5.32 Å². The van der Waals surface area contributed by atoms with Crippen LogP contribution in [0.3, 0.4) is 0 Å². The lowest BCUT2D eigenvalue weighted by Gasteiger charge is -2.33. The highest BCUT2D eigenvalue weighted by Crippen LogP contribution is 2.45. The number of benzene rings is 3. The van der Waals surface area contributed by atoms with Gasteiger partial charge in [-0.25, -0.2) is 8.42 Å². The number of hydrogen-bond acceptors (Lipinski definition) is 4. The van der Waals surface area contributed by atoms with Crippen LogP contribution >= 0.6 is 0 Å². The zero-order valence-corrected chi connectivity index (χ0v) is 19.2. The second kappa shape index (κ2) is 8.67. The Bertz CT molecular complexity index is 1280. The second-order valence-electron chi connectivity index (χ2n) is 8.00. The molecule has 0 fully saturated rings. The van der Waals surface area contributed by atoms with Gasteiger partial charge in [0.15, 0.2) is 0 Å². The lowest BCUT2D eigenvalue weighted by atomic mass is 9.96. The first-order valence-corrected chi connectivity index (χ1v) is 11.9. The van der Waals surface area contributed by atoms with Gasteiger partial charge in [0.25, 0.3) is 10.0 Å². The molecule has 1 aliphatic rings. The summed E-state index contributed by atoms with van der Waals surface area (Å²) < 4.78 is 33.7. The van der Waals surface area contributed by atoms with Gasteiger partial charge >= 0.3 is 0 Å². The summed E-state index contributed by atoms with van der Waals surface area (Å²) in [4.78, 5) is 12.9. The molecule has 0 saturated carbocycles. The number of rotatable bonds is 6. The van der Waals surface area contributed by atoms with Gasteiger partial charge in [0.2, 0.25) is 5.91 Å². The Morgan fingerprint density at radius 3 is 2.53 bits per heavy atom. The summed E-state index contributed by atoms with van der Waals surface area (Å²) in [7, 11) is -3.86. The minimum Gasteiger partial charge on any atom is -0.492 e. The van der Waals surface area contributed by atoms with Gasteiger partial charge in [-0.15, -0.1) is 0 Å². The second-order valence-corrected chi connectivity index (χ2v) is 9.83. The molecule has 0 spiro atoms. The number of hydrogen-bond donors (Lipinski definition) is 1. The number of ether oxygens (including phenoxy) is 1. The molecule has 32 heavy (non-hydrogen) atoms.